The van der Waals surface area contributed by atoms with Crippen LogP contribution in [0.4, 0.5) is 0 Å². The van der Waals surface area contributed by atoms with Gasteiger partial charge in [-0.3, -0.25) is 0 Å². The molecule has 0 atom stereocenters. The number of hydrogen-bond acceptors (Lipinski definition) is 1. The Balaban J connectivity index is 2.28. The van der Waals surface area contributed by atoms with Crippen molar-refractivity contribution in [2.75, 3.05) is 0 Å². The fourth-order valence-electron chi connectivity index (χ4n) is 3.40. The van der Waals surface area contributed by atoms with E-state index in [1.54, 1.807) is 0 Å². The Morgan fingerprint density at radius 3 is 2.50 bits per heavy atom. The fraction of sp³-hybridized carbons (Fsp3) is 0.167. The lowest BCUT2D eigenvalue weighted by atomic mass is 9.69. The molecule has 0 spiro atoms. The van der Waals surface area contributed by atoms with Gasteiger partial charge >= 0.3 is 0 Å². The summed E-state index contributed by atoms with van der Waals surface area (Å²) in [6.45, 7) is 4.59. The number of rotatable bonds is 0. The van der Waals surface area contributed by atoms with Crippen LogP contribution in [-0.4, -0.2) is 4.98 Å². The Hall–Kier alpha value is -1.67. The molecule has 0 N–H and O–H groups in total. The first-order chi connectivity index (χ1) is 9.59. The Morgan fingerprint density at radius 2 is 1.65 bits per heavy atom. The molecule has 98 valence electrons. The smallest absolute Gasteiger partial charge is 0.107 e. The van der Waals surface area contributed by atoms with Crippen LogP contribution < -0.4 is 0 Å². The molecule has 1 aliphatic rings. The van der Waals surface area contributed by atoms with Crippen molar-refractivity contribution in [1.82, 2.24) is 4.98 Å². The number of benzene rings is 2. The van der Waals surface area contributed by atoms with Gasteiger partial charge in [-0.05, 0) is 50.3 Å². The molecule has 0 fully saturated rings. The number of hydrogen-bond donors (Lipinski definition) is 0. The number of aromatic nitrogens is 1. The molecule has 0 radical (unpaired) electrons. The highest BCUT2D eigenvalue weighted by atomic mass is 79.9. The van der Waals surface area contributed by atoms with Crippen molar-refractivity contribution < 1.29 is 0 Å². The largest absolute Gasteiger partial charge is 0.241 e. The molecule has 2 heteroatoms. The summed E-state index contributed by atoms with van der Waals surface area (Å²) < 4.78 is 0.895. The van der Waals surface area contributed by atoms with Crippen molar-refractivity contribution in [2.24, 2.45) is 0 Å². The summed E-state index contributed by atoms with van der Waals surface area (Å²) in [5.41, 5.74) is 6.44. The Kier molecular flexibility index (Phi) is 2.37. The van der Waals surface area contributed by atoms with Crippen molar-refractivity contribution in [3.63, 3.8) is 0 Å². The number of pyridine rings is 1. The minimum absolute atomic E-state index is 0.0125. The quantitative estimate of drug-likeness (QED) is 0.511. The molecule has 0 unspecified atom stereocenters. The van der Waals surface area contributed by atoms with E-state index >= 15 is 0 Å². The van der Waals surface area contributed by atoms with Crippen molar-refractivity contribution in [3.8, 4) is 11.1 Å². The summed E-state index contributed by atoms with van der Waals surface area (Å²) in [6.07, 6.45) is 0. The van der Waals surface area contributed by atoms with Gasteiger partial charge in [-0.2, -0.15) is 0 Å². The first-order valence-electron chi connectivity index (χ1n) is 6.78. The second kappa shape index (κ2) is 3.92. The molecule has 0 amide bonds. The molecule has 1 heterocycles. The van der Waals surface area contributed by atoms with E-state index in [-0.39, 0.29) is 5.41 Å². The third-order valence-electron chi connectivity index (χ3n) is 4.37. The molecular formula is C18H14BrN. The summed E-state index contributed by atoms with van der Waals surface area (Å²) in [4.78, 5) is 4.63. The Morgan fingerprint density at radius 1 is 0.900 bits per heavy atom. The van der Waals surface area contributed by atoms with Gasteiger partial charge in [-0.25, -0.2) is 4.98 Å². The van der Waals surface area contributed by atoms with Crippen LogP contribution in [0.5, 0.6) is 0 Å². The van der Waals surface area contributed by atoms with Gasteiger partial charge in [0.15, 0.2) is 0 Å². The molecule has 3 aromatic rings. The summed E-state index contributed by atoms with van der Waals surface area (Å²) in [5, 5.41) is 1.29. The maximum atomic E-state index is 4.63. The molecule has 0 saturated heterocycles. The zero-order chi connectivity index (χ0) is 13.9. The molecule has 1 aliphatic carbocycles. The molecule has 20 heavy (non-hydrogen) atoms. The minimum atomic E-state index is 0.0125. The maximum absolute atomic E-state index is 4.63. The van der Waals surface area contributed by atoms with Crippen LogP contribution in [0.15, 0.2) is 53.1 Å². The summed E-state index contributed by atoms with van der Waals surface area (Å²) in [5.74, 6) is 0. The van der Waals surface area contributed by atoms with Gasteiger partial charge in [0.1, 0.15) is 4.60 Å². The van der Waals surface area contributed by atoms with Gasteiger partial charge in [0.05, 0.1) is 5.52 Å². The van der Waals surface area contributed by atoms with Crippen LogP contribution in [0.3, 0.4) is 0 Å². The van der Waals surface area contributed by atoms with Crippen LogP contribution in [0.2, 0.25) is 0 Å². The molecule has 0 aliphatic heterocycles. The highest BCUT2D eigenvalue weighted by Gasteiger charge is 2.33. The number of fused-ring (bicyclic) bond motifs is 2. The molecular weight excluding hydrogens is 310 g/mol. The second-order valence-corrected chi connectivity index (χ2v) is 6.68. The van der Waals surface area contributed by atoms with E-state index in [9.17, 15) is 0 Å². The van der Waals surface area contributed by atoms with Crippen molar-refractivity contribution in [2.45, 2.75) is 19.3 Å². The Labute approximate surface area is 126 Å². The maximum Gasteiger partial charge on any atom is 0.107 e. The molecule has 1 aromatic heterocycles. The molecule has 1 nitrogen and oxygen atoms in total. The topological polar surface area (TPSA) is 12.9 Å². The van der Waals surface area contributed by atoms with Gasteiger partial charge in [-0.1, -0.05) is 50.2 Å². The van der Waals surface area contributed by atoms with Gasteiger partial charge in [0.25, 0.3) is 0 Å². The van der Waals surface area contributed by atoms with Crippen molar-refractivity contribution >= 4 is 26.8 Å². The zero-order valence-corrected chi connectivity index (χ0v) is 13.0. The van der Waals surface area contributed by atoms with E-state index in [1.165, 1.54) is 27.6 Å². The highest BCUT2D eigenvalue weighted by Crippen LogP contribution is 2.48. The van der Waals surface area contributed by atoms with Crippen LogP contribution in [-0.2, 0) is 5.41 Å². The van der Waals surface area contributed by atoms with Crippen molar-refractivity contribution in [3.05, 3.63) is 64.3 Å². The van der Waals surface area contributed by atoms with Crippen molar-refractivity contribution in [1.29, 1.82) is 0 Å². The van der Waals surface area contributed by atoms with E-state index in [2.05, 4.69) is 83.3 Å². The predicted molar refractivity (Wildman–Crippen MR) is 87.0 cm³/mol. The average molecular weight is 324 g/mol. The molecule has 4 rings (SSSR count). The standard InChI is InChI=1S/C18H14BrN/c1-18(2)13-7-4-3-6-11(13)12-10-16(19)20-15-9-5-8-14(18)17(12)15/h3-10H,1-2H3. The second-order valence-electron chi connectivity index (χ2n) is 5.86. The van der Waals surface area contributed by atoms with E-state index < -0.39 is 0 Å². The summed E-state index contributed by atoms with van der Waals surface area (Å²) in [7, 11) is 0. The molecule has 2 aromatic carbocycles. The van der Waals surface area contributed by atoms with Crippen LogP contribution >= 0.6 is 15.9 Å². The lowest BCUT2D eigenvalue weighted by Gasteiger charge is -2.34. The van der Waals surface area contributed by atoms with Crippen LogP contribution in [0, 0.1) is 0 Å². The summed E-state index contributed by atoms with van der Waals surface area (Å²) >= 11 is 3.54. The normalized spacial score (nSPS) is 15.2. The summed E-state index contributed by atoms with van der Waals surface area (Å²) in [6, 6.07) is 17.3. The van der Waals surface area contributed by atoms with Crippen LogP contribution in [0.1, 0.15) is 25.0 Å². The molecule has 0 bridgehead atoms. The predicted octanol–water partition coefficient (Wildman–Crippen LogP) is 5.30. The Bertz CT molecular complexity index is 849. The van der Waals surface area contributed by atoms with E-state index in [1.807, 2.05) is 0 Å². The minimum Gasteiger partial charge on any atom is -0.241 e. The third kappa shape index (κ3) is 1.46. The van der Waals surface area contributed by atoms with E-state index in [0.29, 0.717) is 0 Å². The first-order valence-corrected chi connectivity index (χ1v) is 7.58. The average Bonchev–Trinajstić information content (AvgIpc) is 2.44. The lowest BCUT2D eigenvalue weighted by Crippen LogP contribution is -2.23. The SMILES string of the molecule is CC1(C)c2ccccc2-c2cc(Br)nc3cccc1c23. The van der Waals surface area contributed by atoms with Gasteiger partial charge in [0.2, 0.25) is 0 Å². The van der Waals surface area contributed by atoms with Gasteiger partial charge in [-0.15, -0.1) is 0 Å². The number of nitrogens with zero attached hydrogens (tertiary/aromatic N) is 1. The zero-order valence-electron chi connectivity index (χ0n) is 11.4. The third-order valence-corrected chi connectivity index (χ3v) is 4.77. The molecule has 0 saturated carbocycles. The first kappa shape index (κ1) is 12.1. The van der Waals surface area contributed by atoms with Crippen LogP contribution in [0.25, 0.3) is 22.0 Å². The fourth-order valence-corrected chi connectivity index (χ4v) is 3.82. The highest BCUT2D eigenvalue weighted by molar-refractivity contribution is 9.10. The van der Waals surface area contributed by atoms with Gasteiger partial charge < -0.3 is 0 Å². The monoisotopic (exact) mass is 323 g/mol. The lowest BCUT2D eigenvalue weighted by molar-refractivity contribution is 0.645. The van der Waals surface area contributed by atoms with Gasteiger partial charge in [0, 0.05) is 10.8 Å². The van der Waals surface area contributed by atoms with E-state index in [4.69, 9.17) is 0 Å². The van der Waals surface area contributed by atoms with E-state index in [0.717, 1.165) is 10.1 Å². The number of halogens is 1.